The Morgan fingerprint density at radius 2 is 1.88 bits per heavy atom. The van der Waals surface area contributed by atoms with Crippen LogP contribution in [0, 0.1) is 5.92 Å². The van der Waals surface area contributed by atoms with E-state index < -0.39 is 0 Å². The van der Waals surface area contributed by atoms with Crippen molar-refractivity contribution in [2.24, 2.45) is 5.92 Å². The van der Waals surface area contributed by atoms with Gasteiger partial charge in [0.2, 0.25) is 5.91 Å². The maximum absolute atomic E-state index is 13.0. The molecule has 0 bridgehead atoms. The summed E-state index contributed by atoms with van der Waals surface area (Å²) in [6.45, 7) is 2.80. The van der Waals surface area contributed by atoms with Crippen LogP contribution < -0.4 is 5.32 Å². The number of hydrogen-bond donors (Lipinski definition) is 1. The summed E-state index contributed by atoms with van der Waals surface area (Å²) < 4.78 is 0. The van der Waals surface area contributed by atoms with Gasteiger partial charge in [0.05, 0.1) is 12.0 Å². The number of likely N-dealkylation sites (tertiary alicyclic amines) is 1. The van der Waals surface area contributed by atoms with Crippen LogP contribution >= 0.6 is 12.4 Å². The first kappa shape index (κ1) is 17.2. The zero-order chi connectivity index (χ0) is 15.6. The standard InChI is InChI=1S/C20H24N2O.ClH/c23-20(16-8-4-12-21-14-16)22-13-5-11-19(22)18-10-3-7-15-6-1-2-9-17(15)18;/h1-3,6-7,9-10,16,19,21H,4-5,8,11-14H2;1H. The number of nitrogens with zero attached hydrogens (tertiary/aromatic N) is 1. The first-order valence-corrected chi connectivity index (χ1v) is 8.83. The summed E-state index contributed by atoms with van der Waals surface area (Å²) in [4.78, 5) is 15.2. The van der Waals surface area contributed by atoms with Crippen molar-refractivity contribution in [3.05, 3.63) is 48.0 Å². The van der Waals surface area contributed by atoms with Crippen molar-refractivity contribution in [3.8, 4) is 0 Å². The van der Waals surface area contributed by atoms with Gasteiger partial charge in [0, 0.05) is 13.1 Å². The summed E-state index contributed by atoms with van der Waals surface area (Å²) in [5.74, 6) is 0.520. The number of piperidine rings is 1. The van der Waals surface area contributed by atoms with E-state index in [4.69, 9.17) is 0 Å². The number of carbonyl (C=O) groups is 1. The molecule has 0 aromatic heterocycles. The van der Waals surface area contributed by atoms with Gasteiger partial charge in [-0.25, -0.2) is 0 Å². The number of carbonyl (C=O) groups excluding carboxylic acids is 1. The Labute approximate surface area is 149 Å². The van der Waals surface area contributed by atoms with E-state index in [9.17, 15) is 4.79 Å². The highest BCUT2D eigenvalue weighted by molar-refractivity contribution is 5.87. The van der Waals surface area contributed by atoms with Gasteiger partial charge in [-0.3, -0.25) is 4.79 Å². The van der Waals surface area contributed by atoms with Crippen LogP contribution in [0.1, 0.15) is 37.3 Å². The number of halogens is 1. The molecule has 3 nitrogen and oxygen atoms in total. The highest BCUT2D eigenvalue weighted by atomic mass is 35.5. The van der Waals surface area contributed by atoms with E-state index in [1.165, 1.54) is 16.3 Å². The zero-order valence-electron chi connectivity index (χ0n) is 13.9. The van der Waals surface area contributed by atoms with Crippen molar-refractivity contribution in [3.63, 3.8) is 0 Å². The van der Waals surface area contributed by atoms with Gasteiger partial charge < -0.3 is 10.2 Å². The Morgan fingerprint density at radius 3 is 2.71 bits per heavy atom. The predicted octanol–water partition coefficient (Wildman–Crippen LogP) is 3.92. The fourth-order valence-electron chi connectivity index (χ4n) is 4.19. The molecule has 2 aromatic rings. The van der Waals surface area contributed by atoms with Gasteiger partial charge in [0.1, 0.15) is 0 Å². The van der Waals surface area contributed by atoms with Crippen molar-refractivity contribution in [1.29, 1.82) is 0 Å². The molecule has 0 saturated carbocycles. The molecule has 2 aliphatic rings. The number of hydrogen-bond acceptors (Lipinski definition) is 2. The number of rotatable bonds is 2. The van der Waals surface area contributed by atoms with Gasteiger partial charge in [-0.05, 0) is 48.6 Å². The lowest BCUT2D eigenvalue weighted by Crippen LogP contribution is -2.42. The number of fused-ring (bicyclic) bond motifs is 1. The molecule has 2 aliphatic heterocycles. The molecule has 4 heteroatoms. The van der Waals surface area contributed by atoms with Crippen molar-refractivity contribution in [2.45, 2.75) is 31.7 Å². The van der Waals surface area contributed by atoms with Gasteiger partial charge in [-0.1, -0.05) is 42.5 Å². The summed E-state index contributed by atoms with van der Waals surface area (Å²) in [5.41, 5.74) is 1.32. The smallest absolute Gasteiger partial charge is 0.227 e. The summed E-state index contributed by atoms with van der Waals surface area (Å²) in [7, 11) is 0. The summed E-state index contributed by atoms with van der Waals surface area (Å²) in [6, 6.07) is 15.3. The summed E-state index contributed by atoms with van der Waals surface area (Å²) >= 11 is 0. The summed E-state index contributed by atoms with van der Waals surface area (Å²) in [5, 5.41) is 5.94. The molecular weight excluding hydrogens is 320 g/mol. The lowest BCUT2D eigenvalue weighted by Gasteiger charge is -2.31. The fraction of sp³-hybridized carbons (Fsp3) is 0.450. The van der Waals surface area contributed by atoms with Crippen LogP contribution in [0.3, 0.4) is 0 Å². The highest BCUT2D eigenvalue weighted by Gasteiger charge is 2.34. The second-order valence-electron chi connectivity index (χ2n) is 6.80. The molecule has 0 aliphatic carbocycles. The number of benzene rings is 2. The Balaban J connectivity index is 0.00000169. The topological polar surface area (TPSA) is 32.3 Å². The van der Waals surface area contributed by atoms with Crippen molar-refractivity contribution in [1.82, 2.24) is 10.2 Å². The Bertz CT molecular complexity index is 706. The normalized spacial score (nSPS) is 23.9. The SMILES string of the molecule is Cl.O=C(C1CCCNC1)N1CCCC1c1cccc2ccccc12. The van der Waals surface area contributed by atoms with Gasteiger partial charge in [0.15, 0.2) is 0 Å². The molecule has 0 radical (unpaired) electrons. The monoisotopic (exact) mass is 344 g/mol. The quantitative estimate of drug-likeness (QED) is 0.895. The van der Waals surface area contributed by atoms with Crippen LogP contribution in [0.15, 0.2) is 42.5 Å². The van der Waals surface area contributed by atoms with E-state index >= 15 is 0 Å². The molecule has 4 rings (SSSR count). The van der Waals surface area contributed by atoms with E-state index in [0.717, 1.165) is 45.3 Å². The average Bonchev–Trinajstić information content (AvgIpc) is 3.11. The first-order valence-electron chi connectivity index (χ1n) is 8.83. The largest absolute Gasteiger partial charge is 0.335 e. The third-order valence-corrected chi connectivity index (χ3v) is 5.36. The molecule has 1 N–H and O–H groups in total. The minimum atomic E-state index is 0. The van der Waals surface area contributed by atoms with E-state index in [-0.39, 0.29) is 24.4 Å². The Kier molecular flexibility index (Phi) is 5.42. The average molecular weight is 345 g/mol. The predicted molar refractivity (Wildman–Crippen MR) is 100 cm³/mol. The van der Waals surface area contributed by atoms with Gasteiger partial charge >= 0.3 is 0 Å². The van der Waals surface area contributed by atoms with Crippen LogP contribution in [0.4, 0.5) is 0 Å². The maximum Gasteiger partial charge on any atom is 0.227 e. The molecular formula is C20H25ClN2O. The number of amides is 1. The molecule has 1 amide bonds. The van der Waals surface area contributed by atoms with Crippen molar-refractivity contribution in [2.75, 3.05) is 19.6 Å². The first-order chi connectivity index (χ1) is 11.3. The molecule has 24 heavy (non-hydrogen) atoms. The third kappa shape index (κ3) is 3.15. The molecule has 2 heterocycles. The molecule has 2 unspecified atom stereocenters. The van der Waals surface area contributed by atoms with E-state index in [1.807, 2.05) is 0 Å². The van der Waals surface area contributed by atoms with Crippen LogP contribution in [-0.2, 0) is 4.79 Å². The molecule has 2 atom stereocenters. The molecule has 2 fully saturated rings. The van der Waals surface area contributed by atoms with Gasteiger partial charge in [0.25, 0.3) is 0 Å². The second-order valence-corrected chi connectivity index (χ2v) is 6.80. The van der Waals surface area contributed by atoms with Crippen LogP contribution in [0.5, 0.6) is 0 Å². The Hall–Kier alpha value is -1.58. The number of nitrogens with one attached hydrogen (secondary N) is 1. The van der Waals surface area contributed by atoms with Crippen LogP contribution in [-0.4, -0.2) is 30.4 Å². The van der Waals surface area contributed by atoms with Crippen LogP contribution in [0.2, 0.25) is 0 Å². The third-order valence-electron chi connectivity index (χ3n) is 5.36. The highest BCUT2D eigenvalue weighted by Crippen LogP contribution is 2.37. The molecule has 2 saturated heterocycles. The summed E-state index contributed by atoms with van der Waals surface area (Å²) in [6.07, 6.45) is 4.34. The van der Waals surface area contributed by atoms with Crippen molar-refractivity contribution < 1.29 is 4.79 Å². The van der Waals surface area contributed by atoms with Gasteiger partial charge in [-0.15, -0.1) is 12.4 Å². The fourth-order valence-corrected chi connectivity index (χ4v) is 4.19. The maximum atomic E-state index is 13.0. The second kappa shape index (κ2) is 7.54. The zero-order valence-corrected chi connectivity index (χ0v) is 14.7. The van der Waals surface area contributed by atoms with Crippen molar-refractivity contribution >= 4 is 29.1 Å². The minimum absolute atomic E-state index is 0. The van der Waals surface area contributed by atoms with Crippen LogP contribution in [0.25, 0.3) is 10.8 Å². The Morgan fingerprint density at radius 1 is 1.04 bits per heavy atom. The lowest BCUT2D eigenvalue weighted by molar-refractivity contribution is -0.137. The van der Waals surface area contributed by atoms with E-state index in [0.29, 0.717) is 5.91 Å². The van der Waals surface area contributed by atoms with E-state index in [2.05, 4.69) is 52.7 Å². The van der Waals surface area contributed by atoms with E-state index in [1.54, 1.807) is 0 Å². The molecule has 2 aromatic carbocycles. The van der Waals surface area contributed by atoms with Gasteiger partial charge in [-0.2, -0.15) is 0 Å². The molecule has 0 spiro atoms. The lowest BCUT2D eigenvalue weighted by atomic mass is 9.94. The minimum Gasteiger partial charge on any atom is -0.335 e. The molecule has 128 valence electrons.